The molecule has 1 N–H and O–H groups in total. The fourth-order valence-electron chi connectivity index (χ4n) is 2.50. The molecule has 0 aromatic heterocycles. The Hall–Kier alpha value is -0.900. The molecule has 1 aliphatic carbocycles. The van der Waals surface area contributed by atoms with Crippen LogP contribution in [0.2, 0.25) is 0 Å². The fraction of sp³-hybridized carbons (Fsp3) is 0.500. The molecule has 0 spiro atoms. The molecule has 0 saturated heterocycles. The molecule has 18 heavy (non-hydrogen) atoms. The van der Waals surface area contributed by atoms with E-state index >= 15 is 0 Å². The van der Waals surface area contributed by atoms with Gasteiger partial charge in [-0.15, -0.1) is 0 Å². The highest BCUT2D eigenvalue weighted by Crippen LogP contribution is 2.37. The van der Waals surface area contributed by atoms with E-state index in [9.17, 15) is 9.18 Å². The molecule has 1 atom stereocenters. The second-order valence-corrected chi connectivity index (χ2v) is 6.47. The first-order valence-corrected chi connectivity index (χ1v) is 6.93. The first-order valence-electron chi connectivity index (χ1n) is 6.14. The van der Waals surface area contributed by atoms with E-state index in [1.807, 2.05) is 0 Å². The number of hydrogen-bond acceptors (Lipinski definition) is 1. The molecule has 4 heteroatoms. The molecule has 1 amide bonds. The van der Waals surface area contributed by atoms with E-state index in [4.69, 9.17) is 0 Å². The monoisotopic (exact) mass is 313 g/mol. The molecular weight excluding hydrogens is 297 g/mol. The Kier molecular flexibility index (Phi) is 3.76. The summed E-state index contributed by atoms with van der Waals surface area (Å²) in [7, 11) is 0. The van der Waals surface area contributed by atoms with Crippen LogP contribution in [-0.2, 0) is 0 Å². The van der Waals surface area contributed by atoms with Crippen molar-refractivity contribution in [2.24, 2.45) is 5.41 Å². The van der Waals surface area contributed by atoms with E-state index in [1.54, 1.807) is 12.1 Å². The number of halogens is 2. The zero-order valence-electron chi connectivity index (χ0n) is 10.6. The van der Waals surface area contributed by atoms with Crippen LogP contribution < -0.4 is 5.32 Å². The molecule has 1 aromatic rings. The largest absolute Gasteiger partial charge is 0.349 e. The maximum Gasteiger partial charge on any atom is 0.252 e. The Bertz CT molecular complexity index is 473. The van der Waals surface area contributed by atoms with Gasteiger partial charge in [-0.1, -0.05) is 19.9 Å². The van der Waals surface area contributed by atoms with Gasteiger partial charge in [-0.3, -0.25) is 4.79 Å². The number of nitrogens with one attached hydrogen (secondary N) is 1. The summed E-state index contributed by atoms with van der Waals surface area (Å²) in [6.07, 6.45) is 3.08. The first kappa shape index (κ1) is 13.5. The van der Waals surface area contributed by atoms with Crippen LogP contribution in [-0.4, -0.2) is 11.9 Å². The van der Waals surface area contributed by atoms with Gasteiger partial charge < -0.3 is 5.32 Å². The van der Waals surface area contributed by atoms with Crippen LogP contribution in [0.15, 0.2) is 22.7 Å². The van der Waals surface area contributed by atoms with Crippen molar-refractivity contribution in [1.82, 2.24) is 5.32 Å². The van der Waals surface area contributed by atoms with E-state index < -0.39 is 5.82 Å². The van der Waals surface area contributed by atoms with E-state index in [2.05, 4.69) is 35.1 Å². The molecule has 1 aromatic carbocycles. The summed E-state index contributed by atoms with van der Waals surface area (Å²) >= 11 is 3.12. The lowest BCUT2D eigenvalue weighted by molar-refractivity contribution is 0.0934. The Morgan fingerprint density at radius 3 is 2.83 bits per heavy atom. The number of hydrogen-bond donors (Lipinski definition) is 1. The van der Waals surface area contributed by atoms with Crippen LogP contribution in [0.1, 0.15) is 43.5 Å². The third kappa shape index (κ3) is 2.91. The summed E-state index contributed by atoms with van der Waals surface area (Å²) < 4.78 is 13.6. The van der Waals surface area contributed by atoms with Crippen molar-refractivity contribution in [3.05, 3.63) is 34.1 Å². The molecule has 98 valence electrons. The van der Waals surface area contributed by atoms with E-state index in [-0.39, 0.29) is 21.8 Å². The summed E-state index contributed by atoms with van der Waals surface area (Å²) in [6.45, 7) is 4.41. The minimum Gasteiger partial charge on any atom is -0.349 e. The van der Waals surface area contributed by atoms with Crippen LogP contribution >= 0.6 is 15.9 Å². The maximum absolute atomic E-state index is 13.3. The van der Waals surface area contributed by atoms with Crippen molar-refractivity contribution in [2.75, 3.05) is 0 Å². The standard InChI is InChI=1S/C14H17BrFNO/c1-14(2)7-6-9(8-14)17-13(18)10-4-3-5-11(16)12(10)15/h3-5,9H,6-8H2,1-2H3,(H,17,18). The zero-order valence-corrected chi connectivity index (χ0v) is 12.2. The summed E-state index contributed by atoms with van der Waals surface area (Å²) in [5.74, 6) is -0.613. The van der Waals surface area contributed by atoms with Crippen LogP contribution in [0.4, 0.5) is 4.39 Å². The van der Waals surface area contributed by atoms with Gasteiger partial charge in [0, 0.05) is 6.04 Å². The minimum absolute atomic E-state index is 0.197. The maximum atomic E-state index is 13.3. The lowest BCUT2D eigenvalue weighted by atomic mass is 9.92. The lowest BCUT2D eigenvalue weighted by Gasteiger charge is -2.18. The first-order chi connectivity index (χ1) is 8.39. The fourth-order valence-corrected chi connectivity index (χ4v) is 2.95. The summed E-state index contributed by atoms with van der Waals surface area (Å²) in [6, 6.07) is 4.71. The average molecular weight is 314 g/mol. The van der Waals surface area contributed by atoms with Crippen LogP contribution in [0, 0.1) is 11.2 Å². The van der Waals surface area contributed by atoms with Crippen molar-refractivity contribution in [3.63, 3.8) is 0 Å². The third-order valence-electron chi connectivity index (χ3n) is 3.50. The highest BCUT2D eigenvalue weighted by atomic mass is 79.9. The highest BCUT2D eigenvalue weighted by molar-refractivity contribution is 9.10. The van der Waals surface area contributed by atoms with Crippen molar-refractivity contribution < 1.29 is 9.18 Å². The quantitative estimate of drug-likeness (QED) is 0.881. The van der Waals surface area contributed by atoms with Gasteiger partial charge in [0.05, 0.1) is 10.0 Å². The number of benzene rings is 1. The molecular formula is C14H17BrFNO. The second-order valence-electron chi connectivity index (χ2n) is 5.68. The van der Waals surface area contributed by atoms with Crippen molar-refractivity contribution in [1.29, 1.82) is 0 Å². The number of amides is 1. The Morgan fingerprint density at radius 2 is 2.22 bits per heavy atom. The van der Waals surface area contributed by atoms with Gasteiger partial charge in [0.2, 0.25) is 0 Å². The number of carbonyl (C=O) groups is 1. The predicted octanol–water partition coefficient (Wildman–Crippen LogP) is 3.90. The van der Waals surface area contributed by atoms with Gasteiger partial charge in [-0.25, -0.2) is 4.39 Å². The molecule has 0 heterocycles. The smallest absolute Gasteiger partial charge is 0.252 e. The van der Waals surface area contributed by atoms with Crippen molar-refractivity contribution in [2.45, 2.75) is 39.2 Å². The van der Waals surface area contributed by atoms with Gasteiger partial charge in [0.15, 0.2) is 0 Å². The van der Waals surface area contributed by atoms with Crippen molar-refractivity contribution in [3.8, 4) is 0 Å². The normalized spacial score (nSPS) is 21.9. The van der Waals surface area contributed by atoms with Crippen LogP contribution in [0.5, 0.6) is 0 Å². The molecule has 0 radical (unpaired) electrons. The van der Waals surface area contributed by atoms with E-state index in [0.29, 0.717) is 5.56 Å². The Balaban J connectivity index is 2.07. The van der Waals surface area contributed by atoms with Gasteiger partial charge >= 0.3 is 0 Å². The zero-order chi connectivity index (χ0) is 13.3. The lowest BCUT2D eigenvalue weighted by Crippen LogP contribution is -2.33. The summed E-state index contributed by atoms with van der Waals surface area (Å²) in [5, 5.41) is 2.98. The van der Waals surface area contributed by atoms with Crippen LogP contribution in [0.25, 0.3) is 0 Å². The molecule has 2 nitrogen and oxygen atoms in total. The van der Waals surface area contributed by atoms with Gasteiger partial charge in [0.25, 0.3) is 5.91 Å². The number of rotatable bonds is 2. The predicted molar refractivity (Wildman–Crippen MR) is 73.0 cm³/mol. The third-order valence-corrected chi connectivity index (χ3v) is 4.31. The van der Waals surface area contributed by atoms with E-state index in [0.717, 1.165) is 19.3 Å². The second kappa shape index (κ2) is 5.00. The Morgan fingerprint density at radius 1 is 1.50 bits per heavy atom. The summed E-state index contributed by atoms with van der Waals surface area (Å²) in [4.78, 5) is 12.1. The molecule has 1 unspecified atom stereocenters. The summed E-state index contributed by atoms with van der Waals surface area (Å²) in [5.41, 5.74) is 0.650. The topological polar surface area (TPSA) is 29.1 Å². The molecule has 0 aliphatic heterocycles. The molecule has 1 aliphatic rings. The van der Waals surface area contributed by atoms with Gasteiger partial charge in [-0.05, 0) is 52.7 Å². The average Bonchev–Trinajstić information content (AvgIpc) is 2.62. The molecule has 1 fully saturated rings. The van der Waals surface area contributed by atoms with E-state index in [1.165, 1.54) is 6.07 Å². The number of carbonyl (C=O) groups excluding carboxylic acids is 1. The van der Waals surface area contributed by atoms with Gasteiger partial charge in [-0.2, -0.15) is 0 Å². The molecule has 1 saturated carbocycles. The molecule has 0 bridgehead atoms. The van der Waals surface area contributed by atoms with Crippen molar-refractivity contribution >= 4 is 21.8 Å². The minimum atomic E-state index is -0.408. The van der Waals surface area contributed by atoms with Crippen LogP contribution in [0.3, 0.4) is 0 Å². The Labute approximate surface area is 115 Å². The SMILES string of the molecule is CC1(C)CCC(NC(=O)c2cccc(F)c2Br)C1. The van der Waals surface area contributed by atoms with Gasteiger partial charge in [0.1, 0.15) is 5.82 Å². The highest BCUT2D eigenvalue weighted by Gasteiger charge is 2.32. The molecule has 2 rings (SSSR count).